The number of ether oxygens (including phenoxy) is 2. The molecule has 6 nitrogen and oxygen atoms in total. The van der Waals surface area contributed by atoms with Crippen LogP contribution in [0.4, 0.5) is 0 Å². The van der Waals surface area contributed by atoms with E-state index in [1.54, 1.807) is 42.8 Å². The first-order chi connectivity index (χ1) is 11.2. The molecule has 1 amide bonds. The lowest BCUT2D eigenvalue weighted by Gasteiger charge is -2.18. The molecule has 1 aromatic carbocycles. The lowest BCUT2D eigenvalue weighted by atomic mass is 10.1. The van der Waals surface area contributed by atoms with E-state index < -0.39 is 0 Å². The highest BCUT2D eigenvalue weighted by atomic mass is 35.5. The average molecular weight is 408 g/mol. The molecule has 0 saturated heterocycles. The quantitative estimate of drug-likeness (QED) is 0.728. The predicted molar refractivity (Wildman–Crippen MR) is 105 cm³/mol. The lowest BCUT2D eigenvalue weighted by Crippen LogP contribution is -2.32. The van der Waals surface area contributed by atoms with E-state index in [1.807, 2.05) is 12.4 Å². The van der Waals surface area contributed by atoms with E-state index >= 15 is 0 Å². The summed E-state index contributed by atoms with van der Waals surface area (Å²) in [5.41, 5.74) is 3.20. The Morgan fingerprint density at radius 2 is 2.08 bits per heavy atom. The predicted octanol–water partition coefficient (Wildman–Crippen LogP) is 2.87. The average Bonchev–Trinajstić information content (AvgIpc) is 3.10. The van der Waals surface area contributed by atoms with Crippen LogP contribution in [0.1, 0.15) is 16.1 Å². The molecule has 0 saturated carbocycles. The summed E-state index contributed by atoms with van der Waals surface area (Å²) in [6, 6.07) is 5.20. The fraction of sp³-hybridized carbons (Fsp3) is 0.375. The lowest BCUT2D eigenvalue weighted by molar-refractivity contribution is 0.0796. The van der Waals surface area contributed by atoms with Crippen molar-refractivity contribution in [3.63, 3.8) is 0 Å². The Labute approximate surface area is 164 Å². The van der Waals surface area contributed by atoms with Crippen molar-refractivity contribution in [2.45, 2.75) is 6.61 Å². The van der Waals surface area contributed by atoms with Gasteiger partial charge in [0.2, 0.25) is 0 Å². The Morgan fingerprint density at radius 1 is 1.32 bits per heavy atom. The summed E-state index contributed by atoms with van der Waals surface area (Å²) in [5.74, 6) is 1.08. The second kappa shape index (κ2) is 11.9. The molecule has 0 spiro atoms. The summed E-state index contributed by atoms with van der Waals surface area (Å²) < 4.78 is 11.1. The van der Waals surface area contributed by atoms with Crippen LogP contribution in [0.25, 0.3) is 0 Å². The number of halogens is 2. The highest BCUT2D eigenvalue weighted by molar-refractivity contribution is 7.07. The van der Waals surface area contributed by atoms with Gasteiger partial charge in [-0.05, 0) is 25.2 Å². The van der Waals surface area contributed by atoms with E-state index in [2.05, 4.69) is 10.3 Å². The van der Waals surface area contributed by atoms with Crippen molar-refractivity contribution in [2.75, 3.05) is 34.3 Å². The van der Waals surface area contributed by atoms with Crippen LogP contribution in [0.3, 0.4) is 0 Å². The molecule has 0 aliphatic rings. The number of nitrogens with one attached hydrogen (secondary N) is 1. The van der Waals surface area contributed by atoms with Gasteiger partial charge >= 0.3 is 0 Å². The molecule has 0 unspecified atom stereocenters. The summed E-state index contributed by atoms with van der Waals surface area (Å²) in [6.07, 6.45) is 0. The van der Waals surface area contributed by atoms with Crippen molar-refractivity contribution < 1.29 is 14.3 Å². The van der Waals surface area contributed by atoms with E-state index in [-0.39, 0.29) is 30.7 Å². The molecule has 0 aliphatic heterocycles. The van der Waals surface area contributed by atoms with Crippen LogP contribution in [0.15, 0.2) is 29.1 Å². The number of nitrogens with zero attached hydrogens (tertiary/aromatic N) is 2. The van der Waals surface area contributed by atoms with Crippen LogP contribution in [0, 0.1) is 0 Å². The summed E-state index contributed by atoms with van der Waals surface area (Å²) in [7, 11) is 5.19. The third-order valence-corrected chi connectivity index (χ3v) is 3.95. The topological polar surface area (TPSA) is 63.7 Å². The Hall–Kier alpha value is -1.54. The maximum atomic E-state index is 12.4. The van der Waals surface area contributed by atoms with Gasteiger partial charge < -0.3 is 19.7 Å². The van der Waals surface area contributed by atoms with Crippen LogP contribution in [-0.2, 0) is 6.61 Å². The first-order valence-corrected chi connectivity index (χ1v) is 8.18. The van der Waals surface area contributed by atoms with Crippen molar-refractivity contribution in [3.05, 3.63) is 40.3 Å². The summed E-state index contributed by atoms with van der Waals surface area (Å²) in [6.45, 7) is 1.75. The summed E-state index contributed by atoms with van der Waals surface area (Å²) in [5, 5.41) is 4.95. The van der Waals surface area contributed by atoms with Gasteiger partial charge in [-0.1, -0.05) is 0 Å². The van der Waals surface area contributed by atoms with E-state index in [0.29, 0.717) is 30.2 Å². The SMILES string of the molecule is CNCCN(C)C(=O)c1ccc(OCc2cscn2)c(OC)c1.Cl.Cl. The van der Waals surface area contributed by atoms with Crippen molar-refractivity contribution >= 4 is 42.1 Å². The van der Waals surface area contributed by atoms with Gasteiger partial charge in [0.05, 0.1) is 18.3 Å². The van der Waals surface area contributed by atoms with E-state index in [9.17, 15) is 4.79 Å². The summed E-state index contributed by atoms with van der Waals surface area (Å²) in [4.78, 5) is 18.2. The van der Waals surface area contributed by atoms with Gasteiger partial charge in [-0.3, -0.25) is 4.79 Å². The number of rotatable bonds is 8. The number of methoxy groups -OCH3 is 1. The van der Waals surface area contributed by atoms with Gasteiger partial charge in [0, 0.05) is 31.1 Å². The fourth-order valence-electron chi connectivity index (χ4n) is 1.98. The zero-order chi connectivity index (χ0) is 16.7. The number of amides is 1. The van der Waals surface area contributed by atoms with Gasteiger partial charge in [-0.15, -0.1) is 36.2 Å². The monoisotopic (exact) mass is 407 g/mol. The normalized spacial score (nSPS) is 9.56. The number of hydrogen-bond acceptors (Lipinski definition) is 6. The highest BCUT2D eigenvalue weighted by Crippen LogP contribution is 2.29. The Kier molecular flexibility index (Phi) is 11.2. The minimum atomic E-state index is -0.0513. The molecule has 0 radical (unpaired) electrons. The molecule has 0 bridgehead atoms. The fourth-order valence-corrected chi connectivity index (χ4v) is 2.52. The molecule has 9 heteroatoms. The first-order valence-electron chi connectivity index (χ1n) is 7.23. The second-order valence-electron chi connectivity index (χ2n) is 4.96. The zero-order valence-electron chi connectivity index (χ0n) is 14.4. The first kappa shape index (κ1) is 23.5. The number of carbonyl (C=O) groups is 1. The summed E-state index contributed by atoms with van der Waals surface area (Å²) >= 11 is 1.52. The molecule has 2 aromatic rings. The molecule has 0 fully saturated rings. The third-order valence-electron chi connectivity index (χ3n) is 3.31. The maximum absolute atomic E-state index is 12.4. The third kappa shape index (κ3) is 6.70. The van der Waals surface area contributed by atoms with Gasteiger partial charge in [-0.25, -0.2) is 4.98 Å². The van der Waals surface area contributed by atoms with E-state index in [4.69, 9.17) is 9.47 Å². The molecular weight excluding hydrogens is 385 g/mol. The smallest absolute Gasteiger partial charge is 0.253 e. The minimum Gasteiger partial charge on any atom is -0.493 e. The minimum absolute atomic E-state index is 0. The maximum Gasteiger partial charge on any atom is 0.253 e. The molecule has 1 N–H and O–H groups in total. The number of aromatic nitrogens is 1. The number of thiazole rings is 1. The van der Waals surface area contributed by atoms with Crippen molar-refractivity contribution in [1.29, 1.82) is 0 Å². The standard InChI is InChI=1S/C16H21N3O3S.2ClH/c1-17-6-7-19(2)16(20)12-4-5-14(15(8-12)21-3)22-9-13-10-23-11-18-13;;/h4-5,8,10-11,17H,6-7,9H2,1-3H3;2*1H. The zero-order valence-corrected chi connectivity index (χ0v) is 16.8. The van der Waals surface area contributed by atoms with Gasteiger partial charge in [0.1, 0.15) is 6.61 Å². The van der Waals surface area contributed by atoms with E-state index in [0.717, 1.165) is 12.2 Å². The molecule has 25 heavy (non-hydrogen) atoms. The van der Waals surface area contributed by atoms with Gasteiger partial charge in [0.15, 0.2) is 11.5 Å². The molecule has 2 rings (SSSR count). The van der Waals surface area contributed by atoms with Crippen molar-refractivity contribution in [2.24, 2.45) is 0 Å². The largest absolute Gasteiger partial charge is 0.493 e. The van der Waals surface area contributed by atoms with Crippen LogP contribution < -0.4 is 14.8 Å². The van der Waals surface area contributed by atoms with Gasteiger partial charge in [0.25, 0.3) is 5.91 Å². The van der Waals surface area contributed by atoms with Crippen LogP contribution in [-0.4, -0.2) is 50.1 Å². The van der Waals surface area contributed by atoms with Crippen LogP contribution >= 0.6 is 36.2 Å². The molecule has 1 heterocycles. The number of hydrogen-bond donors (Lipinski definition) is 1. The van der Waals surface area contributed by atoms with Crippen LogP contribution in [0.5, 0.6) is 11.5 Å². The molecule has 140 valence electrons. The van der Waals surface area contributed by atoms with E-state index in [1.165, 1.54) is 11.3 Å². The Bertz CT molecular complexity index is 642. The van der Waals surface area contributed by atoms with Crippen LogP contribution in [0.2, 0.25) is 0 Å². The number of likely N-dealkylation sites (N-methyl/N-ethyl adjacent to an activating group) is 2. The van der Waals surface area contributed by atoms with Gasteiger partial charge in [-0.2, -0.15) is 0 Å². The molecule has 1 aromatic heterocycles. The highest BCUT2D eigenvalue weighted by Gasteiger charge is 2.15. The Morgan fingerprint density at radius 3 is 2.68 bits per heavy atom. The number of benzene rings is 1. The molecule has 0 atom stereocenters. The Balaban J connectivity index is 0.00000288. The van der Waals surface area contributed by atoms with Crippen molar-refractivity contribution in [1.82, 2.24) is 15.2 Å². The number of carbonyl (C=O) groups excluding carboxylic acids is 1. The van der Waals surface area contributed by atoms with Crippen molar-refractivity contribution in [3.8, 4) is 11.5 Å². The molecule has 0 aliphatic carbocycles. The second-order valence-corrected chi connectivity index (χ2v) is 5.68. The molecular formula is C16H23Cl2N3O3S.